The van der Waals surface area contributed by atoms with Crippen molar-refractivity contribution in [3.05, 3.63) is 23.8 Å². The molecular formula is C20H32O3. The van der Waals surface area contributed by atoms with Crippen LogP contribution in [0.15, 0.2) is 23.8 Å². The van der Waals surface area contributed by atoms with Gasteiger partial charge in [-0.15, -0.1) is 6.58 Å². The Morgan fingerprint density at radius 1 is 1.35 bits per heavy atom. The van der Waals surface area contributed by atoms with Crippen LogP contribution >= 0.6 is 0 Å². The van der Waals surface area contributed by atoms with Gasteiger partial charge in [0.2, 0.25) is 0 Å². The lowest BCUT2D eigenvalue weighted by molar-refractivity contribution is -0.125. The zero-order valence-electron chi connectivity index (χ0n) is 15.3. The molecule has 23 heavy (non-hydrogen) atoms. The second kappa shape index (κ2) is 5.86. The monoisotopic (exact) mass is 320 g/mol. The van der Waals surface area contributed by atoms with Crippen molar-refractivity contribution in [2.75, 3.05) is 0 Å². The maximum Gasteiger partial charge on any atom is 0.158 e. The third kappa shape index (κ3) is 3.32. The van der Waals surface area contributed by atoms with Crippen molar-refractivity contribution in [3.8, 4) is 0 Å². The number of allylic oxidation sites excluding steroid dienone is 2. The van der Waals surface area contributed by atoms with Crippen LogP contribution < -0.4 is 0 Å². The number of hydrogen-bond donors (Lipinski definition) is 2. The van der Waals surface area contributed by atoms with E-state index in [0.29, 0.717) is 25.7 Å². The number of ketones is 1. The first-order chi connectivity index (χ1) is 10.4. The molecule has 0 heterocycles. The molecule has 0 aromatic carbocycles. The van der Waals surface area contributed by atoms with E-state index in [1.165, 1.54) is 0 Å². The second-order valence-electron chi connectivity index (χ2n) is 8.81. The summed E-state index contributed by atoms with van der Waals surface area (Å²) in [6.07, 6.45) is 4.48. The van der Waals surface area contributed by atoms with Crippen molar-refractivity contribution in [2.45, 2.75) is 78.4 Å². The molecular weight excluding hydrogens is 288 g/mol. The number of Topliss-reactive ketones (excluding diaryl/α,β-unsaturated/α-hetero) is 1. The average Bonchev–Trinajstić information content (AvgIpc) is 2.40. The second-order valence-corrected chi connectivity index (χ2v) is 8.81. The molecule has 2 rings (SSSR count). The van der Waals surface area contributed by atoms with Crippen molar-refractivity contribution in [1.82, 2.24) is 0 Å². The van der Waals surface area contributed by atoms with Gasteiger partial charge in [0.25, 0.3) is 0 Å². The molecule has 2 aliphatic carbocycles. The number of rotatable bonds is 4. The molecule has 2 N–H and O–H groups in total. The largest absolute Gasteiger partial charge is 0.393 e. The van der Waals surface area contributed by atoms with Gasteiger partial charge in [0.05, 0.1) is 11.7 Å². The van der Waals surface area contributed by atoms with Crippen LogP contribution in [-0.2, 0) is 4.79 Å². The van der Waals surface area contributed by atoms with Gasteiger partial charge in [-0.1, -0.05) is 32.4 Å². The molecule has 0 spiro atoms. The van der Waals surface area contributed by atoms with E-state index < -0.39 is 5.60 Å². The molecule has 3 heteroatoms. The molecule has 0 radical (unpaired) electrons. The van der Waals surface area contributed by atoms with Crippen LogP contribution in [0.25, 0.3) is 0 Å². The van der Waals surface area contributed by atoms with Crippen molar-refractivity contribution in [1.29, 1.82) is 0 Å². The molecule has 130 valence electrons. The number of hydrogen-bond acceptors (Lipinski definition) is 3. The molecule has 0 aliphatic heterocycles. The van der Waals surface area contributed by atoms with E-state index in [1.807, 2.05) is 6.92 Å². The Balaban J connectivity index is 2.42. The summed E-state index contributed by atoms with van der Waals surface area (Å²) in [6.45, 7) is 13.9. The Hall–Kier alpha value is -0.930. The SMILES string of the molecule is C=C[C@](C)(O)CCC1=C(C)C(=O)C[C@H]2C(C)(C)C[C@H](O)C[C@]12C. The van der Waals surface area contributed by atoms with Gasteiger partial charge in [-0.2, -0.15) is 0 Å². The summed E-state index contributed by atoms with van der Waals surface area (Å²) < 4.78 is 0. The Morgan fingerprint density at radius 3 is 2.52 bits per heavy atom. The van der Waals surface area contributed by atoms with Crippen LogP contribution in [0.4, 0.5) is 0 Å². The highest BCUT2D eigenvalue weighted by atomic mass is 16.3. The first kappa shape index (κ1) is 18.4. The first-order valence-corrected chi connectivity index (χ1v) is 8.70. The third-order valence-electron chi connectivity index (χ3n) is 6.40. The lowest BCUT2D eigenvalue weighted by Gasteiger charge is -2.56. The topological polar surface area (TPSA) is 57.5 Å². The first-order valence-electron chi connectivity index (χ1n) is 8.70. The fraction of sp³-hybridized carbons (Fsp3) is 0.750. The summed E-state index contributed by atoms with van der Waals surface area (Å²) in [4.78, 5) is 12.6. The van der Waals surface area contributed by atoms with E-state index in [0.717, 1.165) is 17.6 Å². The standard InChI is InChI=1S/C20H32O3/c1-7-19(5,23)9-8-15-13(2)16(22)10-17-18(3,4)11-14(21)12-20(15,17)6/h7,14,17,21,23H,1,8-12H2,2-6H3/t14-,17-,19-,20+/m0/s1. The van der Waals surface area contributed by atoms with Gasteiger partial charge in [-0.3, -0.25) is 4.79 Å². The molecule has 1 saturated carbocycles. The summed E-state index contributed by atoms with van der Waals surface area (Å²) in [6, 6.07) is 0. The summed E-state index contributed by atoms with van der Waals surface area (Å²) >= 11 is 0. The van der Waals surface area contributed by atoms with E-state index in [1.54, 1.807) is 13.0 Å². The van der Waals surface area contributed by atoms with Crippen LogP contribution in [0.5, 0.6) is 0 Å². The molecule has 0 bridgehead atoms. The van der Waals surface area contributed by atoms with Gasteiger partial charge < -0.3 is 10.2 Å². The molecule has 3 nitrogen and oxygen atoms in total. The van der Waals surface area contributed by atoms with Crippen LogP contribution in [-0.4, -0.2) is 27.7 Å². The predicted molar refractivity (Wildman–Crippen MR) is 93.0 cm³/mol. The predicted octanol–water partition coefficient (Wildman–Crippen LogP) is 3.80. The van der Waals surface area contributed by atoms with Crippen LogP contribution in [0.3, 0.4) is 0 Å². The van der Waals surface area contributed by atoms with E-state index in [-0.39, 0.29) is 28.6 Å². The third-order valence-corrected chi connectivity index (χ3v) is 6.40. The van der Waals surface area contributed by atoms with E-state index in [2.05, 4.69) is 27.4 Å². The lowest BCUT2D eigenvalue weighted by atomic mass is 9.49. The Bertz CT molecular complexity index is 541. The van der Waals surface area contributed by atoms with Crippen molar-refractivity contribution >= 4 is 5.78 Å². The highest BCUT2D eigenvalue weighted by molar-refractivity contribution is 5.97. The fourth-order valence-electron chi connectivity index (χ4n) is 5.04. The summed E-state index contributed by atoms with van der Waals surface area (Å²) in [5.74, 6) is 0.475. The molecule has 2 aliphatic rings. The maximum atomic E-state index is 12.6. The number of fused-ring (bicyclic) bond motifs is 1. The van der Waals surface area contributed by atoms with Crippen LogP contribution in [0.1, 0.15) is 66.7 Å². The van der Waals surface area contributed by atoms with Gasteiger partial charge in [0.1, 0.15) is 0 Å². The molecule has 0 aromatic heterocycles. The van der Waals surface area contributed by atoms with Crippen LogP contribution in [0.2, 0.25) is 0 Å². The van der Waals surface area contributed by atoms with E-state index in [4.69, 9.17) is 0 Å². The minimum absolute atomic E-state index is 0.0605. The lowest BCUT2D eigenvalue weighted by Crippen LogP contribution is -2.51. The minimum atomic E-state index is -0.928. The Kier molecular flexibility index (Phi) is 4.69. The zero-order valence-corrected chi connectivity index (χ0v) is 15.3. The summed E-state index contributed by atoms with van der Waals surface area (Å²) in [5, 5.41) is 20.7. The van der Waals surface area contributed by atoms with Gasteiger partial charge in [0, 0.05) is 6.42 Å². The molecule has 1 fully saturated rings. The number of aliphatic hydroxyl groups is 2. The van der Waals surface area contributed by atoms with Crippen molar-refractivity contribution < 1.29 is 15.0 Å². The van der Waals surface area contributed by atoms with Gasteiger partial charge in [-0.05, 0) is 61.9 Å². The number of carbonyl (C=O) groups is 1. The quantitative estimate of drug-likeness (QED) is 0.775. The van der Waals surface area contributed by atoms with E-state index >= 15 is 0 Å². The van der Waals surface area contributed by atoms with E-state index in [9.17, 15) is 15.0 Å². The molecule has 0 saturated heterocycles. The molecule has 0 unspecified atom stereocenters. The maximum absolute atomic E-state index is 12.6. The molecule has 0 amide bonds. The summed E-state index contributed by atoms with van der Waals surface area (Å²) in [5.41, 5.74) is 0.814. The smallest absolute Gasteiger partial charge is 0.158 e. The van der Waals surface area contributed by atoms with Crippen LogP contribution in [0, 0.1) is 16.7 Å². The number of aliphatic hydroxyl groups excluding tert-OH is 1. The minimum Gasteiger partial charge on any atom is -0.393 e. The van der Waals surface area contributed by atoms with Crippen molar-refractivity contribution in [3.63, 3.8) is 0 Å². The highest BCUT2D eigenvalue weighted by Gasteiger charge is 2.54. The fourth-order valence-corrected chi connectivity index (χ4v) is 5.04. The average molecular weight is 320 g/mol. The Morgan fingerprint density at radius 2 is 1.96 bits per heavy atom. The highest BCUT2D eigenvalue weighted by Crippen LogP contribution is 2.59. The van der Waals surface area contributed by atoms with Gasteiger partial charge in [-0.25, -0.2) is 0 Å². The zero-order chi connectivity index (χ0) is 17.6. The summed E-state index contributed by atoms with van der Waals surface area (Å²) in [7, 11) is 0. The van der Waals surface area contributed by atoms with Gasteiger partial charge >= 0.3 is 0 Å². The Labute approximate surface area is 140 Å². The molecule has 0 aromatic rings. The van der Waals surface area contributed by atoms with Crippen molar-refractivity contribution in [2.24, 2.45) is 16.7 Å². The normalized spacial score (nSPS) is 36.4. The number of carbonyl (C=O) groups excluding carboxylic acids is 1. The molecule has 4 atom stereocenters. The van der Waals surface area contributed by atoms with Gasteiger partial charge in [0.15, 0.2) is 5.78 Å².